The van der Waals surface area contributed by atoms with Gasteiger partial charge < -0.3 is 19.9 Å². The molecular formula is C18H31IN6OS. The minimum absolute atomic E-state index is 0. The van der Waals surface area contributed by atoms with Crippen molar-refractivity contribution in [2.75, 3.05) is 57.4 Å². The highest BCUT2D eigenvalue weighted by atomic mass is 127. The maximum atomic E-state index is 5.37. The molecule has 0 radical (unpaired) electrons. The number of nitrogens with zero attached hydrogens (tertiary/aromatic N) is 5. The summed E-state index contributed by atoms with van der Waals surface area (Å²) in [5, 5.41) is 4.50. The van der Waals surface area contributed by atoms with Gasteiger partial charge in [-0.2, -0.15) is 4.37 Å². The Kier molecular flexibility index (Phi) is 9.77. The normalized spacial score (nSPS) is 18.1. The summed E-state index contributed by atoms with van der Waals surface area (Å²) in [6, 6.07) is 0. The highest BCUT2D eigenvalue weighted by Crippen LogP contribution is 2.19. The third-order valence-corrected chi connectivity index (χ3v) is 5.52. The van der Waals surface area contributed by atoms with Crippen LogP contribution in [0.4, 0.5) is 5.13 Å². The van der Waals surface area contributed by atoms with Gasteiger partial charge in [0.15, 0.2) is 5.96 Å². The summed E-state index contributed by atoms with van der Waals surface area (Å²) >= 11 is 1.51. The van der Waals surface area contributed by atoms with Gasteiger partial charge in [-0.3, -0.25) is 4.99 Å². The van der Waals surface area contributed by atoms with E-state index in [1.54, 1.807) is 0 Å². The Bertz CT molecular complexity index is 627. The molecule has 0 unspecified atom stereocenters. The second kappa shape index (κ2) is 11.8. The molecule has 0 amide bonds. The molecule has 0 aromatic carbocycles. The summed E-state index contributed by atoms with van der Waals surface area (Å²) < 4.78 is 9.77. The molecule has 0 aliphatic carbocycles. The van der Waals surface area contributed by atoms with Gasteiger partial charge in [-0.05, 0) is 19.8 Å². The monoisotopic (exact) mass is 506 g/mol. The molecule has 9 heteroatoms. The van der Waals surface area contributed by atoms with Gasteiger partial charge in [-0.15, -0.1) is 24.0 Å². The Morgan fingerprint density at radius 2 is 2.11 bits per heavy atom. The number of aryl methyl sites for hydroxylation is 1. The number of aromatic nitrogens is 2. The molecule has 1 saturated heterocycles. The van der Waals surface area contributed by atoms with E-state index in [2.05, 4.69) is 44.4 Å². The van der Waals surface area contributed by atoms with E-state index >= 15 is 0 Å². The lowest BCUT2D eigenvalue weighted by molar-refractivity contribution is 0.153. The Hall–Kier alpha value is -0.940. The minimum Gasteiger partial charge on any atom is -0.377 e. The number of anilines is 1. The molecule has 0 spiro atoms. The van der Waals surface area contributed by atoms with E-state index in [4.69, 9.17) is 9.73 Å². The largest absolute Gasteiger partial charge is 0.377 e. The summed E-state index contributed by atoms with van der Waals surface area (Å²) in [7, 11) is 0. The zero-order chi connectivity index (χ0) is 18.2. The summed E-state index contributed by atoms with van der Waals surface area (Å²) in [5.41, 5.74) is 1.48. The van der Waals surface area contributed by atoms with E-state index in [1.165, 1.54) is 17.1 Å². The highest BCUT2D eigenvalue weighted by Gasteiger charge is 2.22. The summed E-state index contributed by atoms with van der Waals surface area (Å²) in [6.07, 6.45) is 5.18. The van der Waals surface area contributed by atoms with Crippen LogP contribution in [0.3, 0.4) is 0 Å². The number of piperazine rings is 1. The van der Waals surface area contributed by atoms with Gasteiger partial charge in [0.05, 0.1) is 13.2 Å². The van der Waals surface area contributed by atoms with Crippen LogP contribution < -0.4 is 10.2 Å². The van der Waals surface area contributed by atoms with Crippen LogP contribution in [0.15, 0.2) is 16.6 Å². The highest BCUT2D eigenvalue weighted by molar-refractivity contribution is 14.0. The van der Waals surface area contributed by atoms with Crippen LogP contribution >= 0.6 is 35.5 Å². The van der Waals surface area contributed by atoms with Crippen molar-refractivity contribution in [3.05, 3.63) is 17.5 Å². The fourth-order valence-corrected chi connectivity index (χ4v) is 3.95. The second-order valence-corrected chi connectivity index (χ2v) is 7.22. The molecule has 3 heterocycles. The van der Waals surface area contributed by atoms with Gasteiger partial charge in [-0.1, -0.05) is 18.6 Å². The van der Waals surface area contributed by atoms with Gasteiger partial charge >= 0.3 is 0 Å². The van der Waals surface area contributed by atoms with Crippen LogP contribution in [0.1, 0.15) is 32.5 Å². The molecule has 2 aliphatic rings. The molecule has 1 N–H and O–H groups in total. The van der Waals surface area contributed by atoms with Crippen LogP contribution in [0, 0.1) is 0 Å². The standard InChI is InChI=1S/C18H30N6OS.HI/c1-3-16-21-18(26-22-16)24-11-9-23(10-12-24)17(19-4-2)20-8-5-15-6-13-25-14-7-15;/h6H,3-5,7-14H2,1-2H3,(H,19,20);1H. The molecule has 1 aromatic heterocycles. The van der Waals surface area contributed by atoms with Crippen LogP contribution in [0.2, 0.25) is 0 Å². The lowest BCUT2D eigenvalue weighted by Gasteiger charge is -2.36. The molecule has 27 heavy (non-hydrogen) atoms. The smallest absolute Gasteiger partial charge is 0.205 e. The molecule has 0 saturated carbocycles. The minimum atomic E-state index is 0. The maximum Gasteiger partial charge on any atom is 0.205 e. The number of halogens is 1. The van der Waals surface area contributed by atoms with Crippen molar-refractivity contribution >= 4 is 46.6 Å². The Morgan fingerprint density at radius 1 is 1.30 bits per heavy atom. The van der Waals surface area contributed by atoms with Crippen molar-refractivity contribution in [3.63, 3.8) is 0 Å². The predicted molar refractivity (Wildman–Crippen MR) is 123 cm³/mol. The van der Waals surface area contributed by atoms with Gasteiger partial charge in [-0.25, -0.2) is 4.98 Å². The van der Waals surface area contributed by atoms with E-state index in [0.717, 1.165) is 88.7 Å². The third kappa shape index (κ3) is 6.56. The second-order valence-electron chi connectivity index (χ2n) is 6.49. The van der Waals surface area contributed by atoms with Crippen LogP contribution in [-0.4, -0.2) is 72.7 Å². The van der Waals surface area contributed by atoms with Crippen LogP contribution in [0.25, 0.3) is 0 Å². The van der Waals surface area contributed by atoms with E-state index < -0.39 is 0 Å². The molecule has 2 aliphatic heterocycles. The molecule has 152 valence electrons. The summed E-state index contributed by atoms with van der Waals surface area (Å²) in [6.45, 7) is 11.4. The van der Waals surface area contributed by atoms with Crippen molar-refractivity contribution in [2.45, 2.75) is 33.1 Å². The Balaban J connectivity index is 0.00000261. The van der Waals surface area contributed by atoms with Crippen LogP contribution in [-0.2, 0) is 11.2 Å². The number of hydrogen-bond donors (Lipinski definition) is 1. The molecule has 0 atom stereocenters. The fraction of sp³-hybridized carbons (Fsp3) is 0.722. The number of hydrogen-bond acceptors (Lipinski definition) is 6. The third-order valence-electron chi connectivity index (χ3n) is 4.71. The first kappa shape index (κ1) is 22.4. The number of nitrogens with one attached hydrogen (secondary N) is 1. The van der Waals surface area contributed by atoms with Crippen molar-refractivity contribution < 1.29 is 4.74 Å². The van der Waals surface area contributed by atoms with Gasteiger partial charge in [0.1, 0.15) is 5.82 Å². The summed E-state index contributed by atoms with van der Waals surface area (Å²) in [5.74, 6) is 1.98. The number of rotatable bonds is 6. The number of aliphatic imine (C=N–C) groups is 1. The summed E-state index contributed by atoms with van der Waals surface area (Å²) in [4.78, 5) is 14.2. The van der Waals surface area contributed by atoms with Crippen molar-refractivity contribution in [1.82, 2.24) is 19.6 Å². The first-order valence-electron chi connectivity index (χ1n) is 9.66. The molecule has 1 fully saturated rings. The van der Waals surface area contributed by atoms with Gasteiger partial charge in [0.25, 0.3) is 0 Å². The molecule has 1 aromatic rings. The Labute approximate surface area is 183 Å². The van der Waals surface area contributed by atoms with E-state index in [-0.39, 0.29) is 24.0 Å². The van der Waals surface area contributed by atoms with Crippen LogP contribution in [0.5, 0.6) is 0 Å². The van der Waals surface area contributed by atoms with Crippen molar-refractivity contribution in [1.29, 1.82) is 0 Å². The fourth-order valence-electron chi connectivity index (χ4n) is 3.15. The Morgan fingerprint density at radius 3 is 2.74 bits per heavy atom. The van der Waals surface area contributed by atoms with Gasteiger partial charge in [0.2, 0.25) is 5.13 Å². The van der Waals surface area contributed by atoms with Gasteiger partial charge in [0, 0.05) is 57.2 Å². The zero-order valence-corrected chi connectivity index (χ0v) is 19.5. The van der Waals surface area contributed by atoms with E-state index in [9.17, 15) is 0 Å². The lowest BCUT2D eigenvalue weighted by atomic mass is 10.1. The zero-order valence-electron chi connectivity index (χ0n) is 16.3. The number of guanidine groups is 1. The van der Waals surface area contributed by atoms with Crippen molar-refractivity contribution in [3.8, 4) is 0 Å². The van der Waals surface area contributed by atoms with E-state index in [1.807, 2.05) is 0 Å². The molecule has 3 rings (SSSR count). The molecule has 7 nitrogen and oxygen atoms in total. The quantitative estimate of drug-likeness (QED) is 0.277. The molecular weight excluding hydrogens is 475 g/mol. The lowest BCUT2D eigenvalue weighted by Crippen LogP contribution is -2.52. The SMILES string of the molecule is CCNC(=NCCC1=CCOCC1)N1CCN(c2nc(CC)ns2)CC1.I. The first-order valence-corrected chi connectivity index (χ1v) is 10.4. The number of ether oxygens (including phenoxy) is 1. The average molecular weight is 506 g/mol. The molecule has 0 bridgehead atoms. The predicted octanol–water partition coefficient (Wildman–Crippen LogP) is 2.54. The topological polar surface area (TPSA) is 65.9 Å². The average Bonchev–Trinajstić information content (AvgIpc) is 3.18. The maximum absolute atomic E-state index is 5.37. The van der Waals surface area contributed by atoms with E-state index in [0.29, 0.717) is 0 Å². The first-order chi connectivity index (χ1) is 12.8. The van der Waals surface area contributed by atoms with Crippen molar-refractivity contribution in [2.24, 2.45) is 4.99 Å².